The first-order chi connectivity index (χ1) is 6.33. The van der Waals surface area contributed by atoms with Crippen molar-refractivity contribution in [1.82, 2.24) is 0 Å². The molecular weight excluding hydrogens is 156 g/mol. The highest BCUT2D eigenvalue weighted by molar-refractivity contribution is 4.90. The van der Waals surface area contributed by atoms with E-state index in [9.17, 15) is 0 Å². The van der Waals surface area contributed by atoms with Gasteiger partial charge in [-0.15, -0.1) is 0 Å². The Labute approximate surface area is 83.1 Å². The first kappa shape index (κ1) is 9.55. The number of rotatable bonds is 2. The van der Waals surface area contributed by atoms with Gasteiger partial charge in [0.1, 0.15) is 0 Å². The monoisotopic (exact) mass is 180 g/mol. The molecule has 76 valence electrons. The van der Waals surface area contributed by atoms with Crippen molar-refractivity contribution in [2.24, 2.45) is 23.7 Å². The minimum Gasteiger partial charge on any atom is -0.0654 e. The van der Waals surface area contributed by atoms with Crippen LogP contribution in [-0.4, -0.2) is 0 Å². The van der Waals surface area contributed by atoms with E-state index in [-0.39, 0.29) is 0 Å². The molecule has 2 aliphatic rings. The summed E-state index contributed by atoms with van der Waals surface area (Å²) in [6.07, 6.45) is 10.6. The van der Waals surface area contributed by atoms with Crippen LogP contribution in [0.25, 0.3) is 0 Å². The van der Waals surface area contributed by atoms with E-state index < -0.39 is 0 Å². The average Bonchev–Trinajstić information content (AvgIpc) is 2.44. The molecule has 13 heavy (non-hydrogen) atoms. The molecule has 2 fully saturated rings. The zero-order valence-electron chi connectivity index (χ0n) is 9.26. The highest BCUT2D eigenvalue weighted by Gasteiger charge is 2.40. The van der Waals surface area contributed by atoms with Crippen molar-refractivity contribution >= 4 is 0 Å². The van der Waals surface area contributed by atoms with E-state index >= 15 is 0 Å². The highest BCUT2D eigenvalue weighted by Crippen LogP contribution is 2.50. The van der Waals surface area contributed by atoms with E-state index in [1.54, 1.807) is 19.3 Å². The van der Waals surface area contributed by atoms with Crippen LogP contribution in [0.1, 0.15) is 58.8 Å². The molecule has 0 spiro atoms. The first-order valence-electron chi connectivity index (χ1n) is 6.33. The van der Waals surface area contributed by atoms with E-state index in [1.807, 2.05) is 0 Å². The van der Waals surface area contributed by atoms with Gasteiger partial charge in [0.05, 0.1) is 0 Å². The van der Waals surface area contributed by atoms with Gasteiger partial charge in [-0.05, 0) is 36.5 Å². The lowest BCUT2D eigenvalue weighted by Crippen LogP contribution is -2.20. The maximum atomic E-state index is 2.50. The van der Waals surface area contributed by atoms with Crippen LogP contribution >= 0.6 is 0 Å². The fourth-order valence-corrected chi connectivity index (χ4v) is 4.00. The molecule has 0 aliphatic heterocycles. The molecule has 2 saturated carbocycles. The molecule has 0 nitrogen and oxygen atoms in total. The van der Waals surface area contributed by atoms with Crippen LogP contribution in [0, 0.1) is 23.7 Å². The van der Waals surface area contributed by atoms with Crippen molar-refractivity contribution in [3.63, 3.8) is 0 Å². The maximum Gasteiger partial charge on any atom is -0.0355 e. The van der Waals surface area contributed by atoms with Crippen LogP contribution in [0.15, 0.2) is 0 Å². The lowest BCUT2D eigenvalue weighted by Gasteiger charge is -2.29. The smallest absolute Gasteiger partial charge is 0.0355 e. The summed E-state index contributed by atoms with van der Waals surface area (Å²) in [4.78, 5) is 0. The molecule has 0 saturated heterocycles. The molecule has 0 aromatic carbocycles. The number of fused-ring (bicyclic) bond motifs is 1. The predicted octanol–water partition coefficient (Wildman–Crippen LogP) is 4.25. The van der Waals surface area contributed by atoms with Crippen LogP contribution in [0.3, 0.4) is 0 Å². The molecule has 0 heterocycles. The van der Waals surface area contributed by atoms with Crippen LogP contribution in [-0.2, 0) is 0 Å². The molecule has 4 unspecified atom stereocenters. The van der Waals surface area contributed by atoms with E-state index in [2.05, 4.69) is 13.8 Å². The van der Waals surface area contributed by atoms with Gasteiger partial charge < -0.3 is 0 Å². The summed E-state index contributed by atoms with van der Waals surface area (Å²) < 4.78 is 0. The largest absolute Gasteiger partial charge is 0.0654 e. The van der Waals surface area contributed by atoms with Crippen molar-refractivity contribution < 1.29 is 0 Å². The Kier molecular flexibility index (Phi) is 2.96. The van der Waals surface area contributed by atoms with Crippen LogP contribution < -0.4 is 0 Å². The third-order valence-electron chi connectivity index (χ3n) is 4.55. The van der Waals surface area contributed by atoms with Crippen molar-refractivity contribution in [1.29, 1.82) is 0 Å². The predicted molar refractivity (Wildman–Crippen MR) is 57.6 cm³/mol. The Morgan fingerprint density at radius 3 is 2.69 bits per heavy atom. The average molecular weight is 180 g/mol. The highest BCUT2D eigenvalue weighted by atomic mass is 14.5. The van der Waals surface area contributed by atoms with Gasteiger partial charge in [0.25, 0.3) is 0 Å². The van der Waals surface area contributed by atoms with Gasteiger partial charge in [0.2, 0.25) is 0 Å². The molecule has 0 radical (unpaired) electrons. The van der Waals surface area contributed by atoms with E-state index in [0.29, 0.717) is 0 Å². The summed E-state index contributed by atoms with van der Waals surface area (Å²) in [5.74, 6) is 4.38. The zero-order chi connectivity index (χ0) is 9.26. The molecule has 0 bridgehead atoms. The van der Waals surface area contributed by atoms with Crippen LogP contribution in [0.2, 0.25) is 0 Å². The molecule has 0 aromatic heterocycles. The van der Waals surface area contributed by atoms with Gasteiger partial charge in [0.15, 0.2) is 0 Å². The van der Waals surface area contributed by atoms with Crippen molar-refractivity contribution in [3.8, 4) is 0 Å². The van der Waals surface area contributed by atoms with Gasteiger partial charge in [-0.2, -0.15) is 0 Å². The molecule has 4 atom stereocenters. The lowest BCUT2D eigenvalue weighted by atomic mass is 9.76. The third-order valence-corrected chi connectivity index (χ3v) is 4.55. The molecule has 0 amide bonds. The van der Waals surface area contributed by atoms with E-state index in [1.165, 1.54) is 25.7 Å². The van der Waals surface area contributed by atoms with Crippen molar-refractivity contribution in [2.45, 2.75) is 58.8 Å². The fraction of sp³-hybridized carbons (Fsp3) is 1.00. The zero-order valence-corrected chi connectivity index (χ0v) is 9.26. The standard InChI is InChI=1S/C13H24/c1-3-6-12-10(2)9-11-7-4-5-8-13(11)12/h10-13H,3-9H2,1-2H3. The number of hydrogen-bond donors (Lipinski definition) is 0. The summed E-state index contributed by atoms with van der Waals surface area (Å²) in [6.45, 7) is 4.85. The molecule has 0 aromatic rings. The Hall–Kier alpha value is 0. The second-order valence-electron chi connectivity index (χ2n) is 5.37. The van der Waals surface area contributed by atoms with E-state index in [4.69, 9.17) is 0 Å². The molecule has 0 heteroatoms. The normalized spacial score (nSPS) is 44.8. The molecular formula is C13H24. The van der Waals surface area contributed by atoms with Gasteiger partial charge in [-0.1, -0.05) is 46.0 Å². The summed E-state index contributed by atoms with van der Waals surface area (Å²) in [6, 6.07) is 0. The minimum atomic E-state index is 1.04. The molecule has 2 rings (SSSR count). The summed E-state index contributed by atoms with van der Waals surface area (Å²) in [5.41, 5.74) is 0. The maximum absolute atomic E-state index is 2.50. The van der Waals surface area contributed by atoms with Gasteiger partial charge in [0, 0.05) is 0 Å². The van der Waals surface area contributed by atoms with E-state index in [0.717, 1.165) is 23.7 Å². The quantitative estimate of drug-likeness (QED) is 0.596. The first-order valence-corrected chi connectivity index (χ1v) is 6.33. The SMILES string of the molecule is CCCC1C(C)CC2CCCCC21. The van der Waals surface area contributed by atoms with Gasteiger partial charge in [-0.3, -0.25) is 0 Å². The Balaban J connectivity index is 2.00. The number of hydrogen-bond acceptors (Lipinski definition) is 0. The molecule has 2 aliphatic carbocycles. The van der Waals surface area contributed by atoms with Crippen LogP contribution in [0.4, 0.5) is 0 Å². The van der Waals surface area contributed by atoms with Crippen LogP contribution in [0.5, 0.6) is 0 Å². The second-order valence-corrected chi connectivity index (χ2v) is 5.37. The second kappa shape index (κ2) is 4.02. The lowest BCUT2D eigenvalue weighted by molar-refractivity contribution is 0.210. The summed E-state index contributed by atoms with van der Waals surface area (Å²) in [5, 5.41) is 0. The van der Waals surface area contributed by atoms with Gasteiger partial charge in [-0.25, -0.2) is 0 Å². The molecule has 0 N–H and O–H groups in total. The third kappa shape index (κ3) is 1.78. The summed E-state index contributed by atoms with van der Waals surface area (Å²) in [7, 11) is 0. The van der Waals surface area contributed by atoms with Crippen molar-refractivity contribution in [2.75, 3.05) is 0 Å². The summed E-state index contributed by atoms with van der Waals surface area (Å²) >= 11 is 0. The Morgan fingerprint density at radius 2 is 1.92 bits per heavy atom. The fourth-order valence-electron chi connectivity index (χ4n) is 4.00. The Bertz CT molecular complexity index is 159. The van der Waals surface area contributed by atoms with Crippen molar-refractivity contribution in [3.05, 3.63) is 0 Å². The topological polar surface area (TPSA) is 0 Å². The minimum absolute atomic E-state index is 1.04. The Morgan fingerprint density at radius 1 is 1.15 bits per heavy atom. The van der Waals surface area contributed by atoms with Gasteiger partial charge >= 0.3 is 0 Å².